The van der Waals surface area contributed by atoms with Gasteiger partial charge in [-0.3, -0.25) is 14.4 Å². The molecule has 0 aliphatic heterocycles. The van der Waals surface area contributed by atoms with Gasteiger partial charge in [0.25, 0.3) is 5.91 Å². The molecule has 4 aromatic carbocycles. The van der Waals surface area contributed by atoms with E-state index in [2.05, 4.69) is 16.0 Å². The number of hydrogen-bond acceptors (Lipinski definition) is 5. The van der Waals surface area contributed by atoms with Crippen molar-refractivity contribution in [2.45, 2.75) is 38.4 Å². The molecule has 234 valence electrons. The fourth-order valence-electron chi connectivity index (χ4n) is 4.70. The predicted octanol–water partition coefficient (Wildman–Crippen LogP) is 4.38. The third kappa shape index (κ3) is 9.45. The van der Waals surface area contributed by atoms with Crippen LogP contribution in [0.2, 0.25) is 0 Å². The van der Waals surface area contributed by atoms with E-state index in [1.807, 2.05) is 61.5 Å². The summed E-state index contributed by atoms with van der Waals surface area (Å²) in [4.78, 5) is 40.1. The van der Waals surface area contributed by atoms with Crippen molar-refractivity contribution in [1.82, 2.24) is 16.0 Å². The number of nitrogens with two attached hydrogens (primary N) is 1. The zero-order valence-corrected chi connectivity index (χ0v) is 24.9. The van der Waals surface area contributed by atoms with E-state index in [0.29, 0.717) is 24.5 Å². The van der Waals surface area contributed by atoms with E-state index in [0.717, 1.165) is 34.9 Å². The van der Waals surface area contributed by atoms with Crippen LogP contribution in [0.25, 0.3) is 0 Å². The molecule has 8 nitrogen and oxygen atoms in total. The maximum atomic E-state index is 13.9. The lowest BCUT2D eigenvalue weighted by Gasteiger charge is -2.23. The van der Waals surface area contributed by atoms with Gasteiger partial charge in [0.1, 0.15) is 11.8 Å². The van der Waals surface area contributed by atoms with Crippen LogP contribution in [0, 0.1) is 11.6 Å². The maximum absolute atomic E-state index is 13.9. The quantitative estimate of drug-likeness (QED) is 0.168. The zero-order valence-electron chi connectivity index (χ0n) is 24.9. The van der Waals surface area contributed by atoms with Crippen molar-refractivity contribution < 1.29 is 27.9 Å². The van der Waals surface area contributed by atoms with E-state index in [9.17, 15) is 23.2 Å². The summed E-state index contributed by atoms with van der Waals surface area (Å²) in [6.45, 7) is 2.79. The van der Waals surface area contributed by atoms with Gasteiger partial charge in [-0.2, -0.15) is 0 Å². The molecule has 0 unspecified atom stereocenters. The van der Waals surface area contributed by atoms with Gasteiger partial charge in [0, 0.05) is 31.6 Å². The SMILES string of the molecule is CCOc1ccc([C@H](CNC(=O)c2ccc(F)c(F)c2)C(=O)N[C@@H](Cc2ccccc2)C(=O)NCc2ccc(CN)cc2)cc1. The van der Waals surface area contributed by atoms with Crippen molar-refractivity contribution >= 4 is 17.7 Å². The van der Waals surface area contributed by atoms with Crippen LogP contribution in [0.4, 0.5) is 8.78 Å². The number of rotatable bonds is 14. The largest absolute Gasteiger partial charge is 0.494 e. The van der Waals surface area contributed by atoms with Crippen LogP contribution in [0.5, 0.6) is 5.75 Å². The summed E-state index contributed by atoms with van der Waals surface area (Å²) in [5.41, 5.74) is 8.82. The molecule has 0 saturated carbocycles. The predicted molar refractivity (Wildman–Crippen MR) is 167 cm³/mol. The Hall–Kier alpha value is -5.09. The minimum Gasteiger partial charge on any atom is -0.494 e. The molecule has 0 radical (unpaired) electrons. The Morgan fingerprint density at radius 2 is 1.47 bits per heavy atom. The molecule has 0 fully saturated rings. The Balaban J connectivity index is 1.54. The zero-order chi connectivity index (χ0) is 32.2. The second kappa shape index (κ2) is 16.1. The summed E-state index contributed by atoms with van der Waals surface area (Å²) in [6.07, 6.45) is 0.224. The molecule has 4 rings (SSSR count). The lowest BCUT2D eigenvalue weighted by atomic mass is 9.96. The molecule has 4 aromatic rings. The Morgan fingerprint density at radius 3 is 2.11 bits per heavy atom. The van der Waals surface area contributed by atoms with Gasteiger partial charge in [-0.1, -0.05) is 66.7 Å². The number of nitrogens with one attached hydrogen (secondary N) is 3. The molecule has 3 amide bonds. The first-order chi connectivity index (χ1) is 21.8. The van der Waals surface area contributed by atoms with Gasteiger partial charge < -0.3 is 26.4 Å². The number of benzene rings is 4. The molecule has 2 atom stereocenters. The van der Waals surface area contributed by atoms with E-state index >= 15 is 0 Å². The minimum atomic E-state index is -1.16. The van der Waals surface area contributed by atoms with E-state index in [-0.39, 0.29) is 31.0 Å². The lowest BCUT2D eigenvalue weighted by molar-refractivity contribution is -0.129. The van der Waals surface area contributed by atoms with Crippen molar-refractivity contribution in [3.63, 3.8) is 0 Å². The molecule has 0 aliphatic carbocycles. The van der Waals surface area contributed by atoms with Crippen LogP contribution >= 0.6 is 0 Å². The number of hydrogen-bond donors (Lipinski definition) is 4. The monoisotopic (exact) mass is 614 g/mol. The summed E-state index contributed by atoms with van der Waals surface area (Å²) in [5.74, 6) is -4.13. The molecule has 0 saturated heterocycles. The Labute approximate surface area is 261 Å². The summed E-state index contributed by atoms with van der Waals surface area (Å²) in [6, 6.07) is 25.5. The molecule has 10 heteroatoms. The van der Waals surface area contributed by atoms with E-state index in [4.69, 9.17) is 10.5 Å². The van der Waals surface area contributed by atoms with Crippen molar-refractivity contribution in [2.75, 3.05) is 13.2 Å². The highest BCUT2D eigenvalue weighted by Crippen LogP contribution is 2.21. The standard InChI is InChI=1S/C35H36F2N4O4/c1-2-45-28-15-12-26(13-16-28)29(22-40-33(42)27-14-17-30(36)31(37)19-27)34(43)41-32(18-23-6-4-3-5-7-23)35(44)39-21-25-10-8-24(20-38)9-11-25/h3-17,19,29,32H,2,18,20-22,38H2,1H3,(H,39,44)(H,40,42)(H,41,43)/t29-,32-/m0/s1. The van der Waals surface area contributed by atoms with E-state index in [1.54, 1.807) is 24.3 Å². The fourth-order valence-corrected chi connectivity index (χ4v) is 4.70. The Bertz CT molecular complexity index is 1580. The second-order valence-corrected chi connectivity index (χ2v) is 10.4. The van der Waals surface area contributed by atoms with Crippen molar-refractivity contribution in [3.05, 3.63) is 137 Å². The number of ether oxygens (including phenoxy) is 1. The average Bonchev–Trinajstić information content (AvgIpc) is 3.06. The van der Waals surface area contributed by atoms with E-state index in [1.165, 1.54) is 0 Å². The third-order valence-electron chi connectivity index (χ3n) is 7.20. The van der Waals surface area contributed by atoms with E-state index < -0.39 is 35.4 Å². The number of carbonyl (C=O) groups excluding carboxylic acids is 3. The maximum Gasteiger partial charge on any atom is 0.251 e. The first-order valence-corrected chi connectivity index (χ1v) is 14.6. The van der Waals surface area contributed by atoms with Gasteiger partial charge in [0.15, 0.2) is 11.6 Å². The summed E-state index contributed by atoms with van der Waals surface area (Å²) < 4.78 is 32.7. The summed E-state index contributed by atoms with van der Waals surface area (Å²) in [5, 5.41) is 8.43. The molecule has 5 N–H and O–H groups in total. The highest BCUT2D eigenvalue weighted by Gasteiger charge is 2.28. The normalized spacial score (nSPS) is 12.1. The highest BCUT2D eigenvalue weighted by atomic mass is 19.2. The van der Waals surface area contributed by atoms with Crippen molar-refractivity contribution in [3.8, 4) is 5.75 Å². The number of amides is 3. The van der Waals surface area contributed by atoms with Crippen molar-refractivity contribution in [1.29, 1.82) is 0 Å². The lowest BCUT2D eigenvalue weighted by Crippen LogP contribution is -2.50. The van der Waals surface area contributed by atoms with Crippen LogP contribution in [0.3, 0.4) is 0 Å². The Kier molecular flexibility index (Phi) is 11.8. The number of carbonyl (C=O) groups is 3. The van der Waals surface area contributed by atoms with Crippen LogP contribution in [-0.4, -0.2) is 36.9 Å². The average molecular weight is 615 g/mol. The summed E-state index contributed by atoms with van der Waals surface area (Å²) in [7, 11) is 0. The van der Waals surface area contributed by atoms with Crippen LogP contribution in [0.15, 0.2) is 97.1 Å². The van der Waals surface area contributed by atoms with Gasteiger partial charge in [0.05, 0.1) is 12.5 Å². The minimum absolute atomic E-state index is 0.0967. The van der Waals surface area contributed by atoms with Crippen molar-refractivity contribution in [2.24, 2.45) is 5.73 Å². The highest BCUT2D eigenvalue weighted by molar-refractivity contribution is 5.95. The van der Waals surface area contributed by atoms with Crippen LogP contribution in [-0.2, 0) is 29.1 Å². The van der Waals surface area contributed by atoms with Gasteiger partial charge in [-0.05, 0) is 59.5 Å². The van der Waals surface area contributed by atoms with Crippen LogP contribution in [0.1, 0.15) is 45.5 Å². The third-order valence-corrected chi connectivity index (χ3v) is 7.20. The van der Waals surface area contributed by atoms with Gasteiger partial charge >= 0.3 is 0 Å². The fraction of sp³-hybridized carbons (Fsp3) is 0.229. The number of halogens is 2. The molecule has 0 heterocycles. The molecule has 0 aliphatic rings. The first-order valence-electron chi connectivity index (χ1n) is 14.6. The van der Waals surface area contributed by atoms with Gasteiger partial charge in [-0.25, -0.2) is 8.78 Å². The Morgan fingerprint density at radius 1 is 0.778 bits per heavy atom. The molecular weight excluding hydrogens is 578 g/mol. The topological polar surface area (TPSA) is 123 Å². The molecular formula is C35H36F2N4O4. The molecule has 0 aromatic heterocycles. The van der Waals surface area contributed by atoms with Crippen LogP contribution < -0.4 is 26.4 Å². The first kappa shape index (κ1) is 32.8. The van der Waals surface area contributed by atoms with Gasteiger partial charge in [-0.15, -0.1) is 0 Å². The smallest absolute Gasteiger partial charge is 0.251 e. The molecule has 0 spiro atoms. The second-order valence-electron chi connectivity index (χ2n) is 10.4. The molecule has 0 bridgehead atoms. The summed E-state index contributed by atoms with van der Waals surface area (Å²) >= 11 is 0. The van der Waals surface area contributed by atoms with Gasteiger partial charge in [0.2, 0.25) is 11.8 Å². The molecule has 45 heavy (non-hydrogen) atoms.